The van der Waals surface area contributed by atoms with E-state index in [0.717, 1.165) is 11.8 Å². The van der Waals surface area contributed by atoms with E-state index in [4.69, 9.17) is 4.74 Å². The summed E-state index contributed by atoms with van der Waals surface area (Å²) in [5, 5.41) is 50.4. The maximum atomic E-state index is 12.3. The second kappa shape index (κ2) is 11.2. The Labute approximate surface area is 184 Å². The van der Waals surface area contributed by atoms with Crippen molar-refractivity contribution >= 4 is 29.3 Å². The third-order valence-corrected chi connectivity index (χ3v) is 6.48. The van der Waals surface area contributed by atoms with Gasteiger partial charge in [-0.25, -0.2) is 4.79 Å². The summed E-state index contributed by atoms with van der Waals surface area (Å²) in [5.74, 6) is -2.96. The van der Waals surface area contributed by atoms with Gasteiger partial charge in [-0.1, -0.05) is 30.0 Å². The van der Waals surface area contributed by atoms with E-state index in [1.165, 1.54) is 6.92 Å². The molecule has 1 saturated heterocycles. The third-order valence-electron chi connectivity index (χ3n) is 5.21. The Hall–Kier alpha value is -1.82. The summed E-state index contributed by atoms with van der Waals surface area (Å²) in [6, 6.07) is 8.48. The van der Waals surface area contributed by atoms with Crippen molar-refractivity contribution in [2.45, 2.75) is 66.9 Å². The van der Waals surface area contributed by atoms with E-state index < -0.39 is 47.8 Å². The molecule has 5 N–H and O–H groups in total. The third kappa shape index (κ3) is 6.58. The van der Waals surface area contributed by atoms with Crippen molar-refractivity contribution in [3.8, 4) is 0 Å². The molecule has 1 unspecified atom stereocenters. The largest absolute Gasteiger partial charge is 0.478 e. The Morgan fingerprint density at radius 2 is 1.84 bits per heavy atom. The van der Waals surface area contributed by atoms with Gasteiger partial charge in [-0.3, -0.25) is 4.79 Å². The molecule has 1 aliphatic heterocycles. The summed E-state index contributed by atoms with van der Waals surface area (Å²) in [6.45, 7) is 0.520. The highest BCUT2D eigenvalue weighted by Crippen LogP contribution is 2.46. The number of hydrogen-bond donors (Lipinski definition) is 5. The molecule has 10 heteroatoms. The lowest BCUT2D eigenvalue weighted by Gasteiger charge is -2.46. The Morgan fingerprint density at radius 3 is 2.39 bits per heavy atom. The van der Waals surface area contributed by atoms with Crippen LogP contribution in [0, 0.1) is 5.92 Å². The lowest BCUT2D eigenvalue weighted by molar-refractivity contribution is -0.215. The highest BCUT2D eigenvalue weighted by atomic mass is 32.2. The fourth-order valence-electron chi connectivity index (χ4n) is 3.51. The standard InChI is InChI=1S/C21H28O9S/c1-12(23)7-8-13(24)9-15-16(25)10-21(20(28)29,31-14-5-3-2-4-6-14)30-19(15)18(27)17(26)11-22/h2-6,15-19,22,25-27H,7-11H2,1H3,(H,28,29)/t15-,16-,17-,18-,19?,21+/m1/s1. The van der Waals surface area contributed by atoms with Gasteiger partial charge in [0.15, 0.2) is 0 Å². The Morgan fingerprint density at radius 1 is 1.19 bits per heavy atom. The molecule has 0 radical (unpaired) electrons. The highest BCUT2D eigenvalue weighted by Gasteiger charge is 2.55. The predicted octanol–water partition coefficient (Wildman–Crippen LogP) is 0.368. The monoisotopic (exact) mass is 456 g/mol. The number of carboxylic acids is 1. The Bertz CT molecular complexity index is 771. The summed E-state index contributed by atoms with van der Waals surface area (Å²) in [4.78, 5) is 34.2. The summed E-state index contributed by atoms with van der Waals surface area (Å²) < 4.78 is 5.80. The van der Waals surface area contributed by atoms with Gasteiger partial charge < -0.3 is 35.1 Å². The SMILES string of the molecule is CC(=O)CCC(=O)C[C@H]1C([C@H](O)[C@H](O)CO)O[C@@](Sc2ccccc2)(C(=O)O)C[C@H]1O. The zero-order chi connectivity index (χ0) is 23.2. The topological polar surface area (TPSA) is 162 Å². The van der Waals surface area contributed by atoms with Gasteiger partial charge in [-0.05, 0) is 19.1 Å². The molecule has 172 valence electrons. The number of hydrogen-bond acceptors (Lipinski definition) is 9. The van der Waals surface area contributed by atoms with Crippen molar-refractivity contribution in [2.75, 3.05) is 6.61 Å². The number of aliphatic hydroxyl groups excluding tert-OH is 4. The first-order valence-corrected chi connectivity index (χ1v) is 10.7. The molecule has 2 rings (SSSR count). The minimum Gasteiger partial charge on any atom is -0.478 e. The van der Waals surface area contributed by atoms with E-state index >= 15 is 0 Å². The van der Waals surface area contributed by atoms with Gasteiger partial charge in [-0.2, -0.15) is 0 Å². The van der Waals surface area contributed by atoms with Crippen LogP contribution in [0.3, 0.4) is 0 Å². The number of carbonyl (C=O) groups is 3. The highest BCUT2D eigenvalue weighted by molar-refractivity contribution is 8.01. The van der Waals surface area contributed by atoms with E-state index in [2.05, 4.69) is 0 Å². The van der Waals surface area contributed by atoms with E-state index in [1.54, 1.807) is 30.3 Å². The van der Waals surface area contributed by atoms with Crippen molar-refractivity contribution in [3.63, 3.8) is 0 Å². The van der Waals surface area contributed by atoms with Crippen molar-refractivity contribution < 1.29 is 44.7 Å². The second-order valence-corrected chi connectivity index (χ2v) is 9.01. The average molecular weight is 457 g/mol. The first-order chi connectivity index (χ1) is 14.6. The molecular weight excluding hydrogens is 428 g/mol. The molecule has 9 nitrogen and oxygen atoms in total. The lowest BCUT2D eigenvalue weighted by atomic mass is 9.80. The van der Waals surface area contributed by atoms with Gasteiger partial charge in [0.05, 0.1) is 18.8 Å². The van der Waals surface area contributed by atoms with Gasteiger partial charge in [0.2, 0.25) is 4.93 Å². The van der Waals surface area contributed by atoms with Crippen molar-refractivity contribution in [1.29, 1.82) is 0 Å². The molecule has 31 heavy (non-hydrogen) atoms. The molecular formula is C21H28O9S. The van der Waals surface area contributed by atoms with Crippen molar-refractivity contribution in [2.24, 2.45) is 5.92 Å². The van der Waals surface area contributed by atoms with Crippen LogP contribution in [0.1, 0.15) is 32.6 Å². The molecule has 0 bridgehead atoms. The number of carboxylic acid groups (broad SMARTS) is 1. The number of ether oxygens (including phenoxy) is 1. The van der Waals surface area contributed by atoms with Gasteiger partial charge in [0.25, 0.3) is 0 Å². The summed E-state index contributed by atoms with van der Waals surface area (Å²) in [6.07, 6.45) is -6.90. The second-order valence-electron chi connectivity index (χ2n) is 7.68. The molecule has 0 aromatic heterocycles. The molecule has 6 atom stereocenters. The summed E-state index contributed by atoms with van der Waals surface area (Å²) in [7, 11) is 0. The number of ketones is 2. The Kier molecular flexibility index (Phi) is 9.16. The number of Topliss-reactive ketones (excluding diaryl/α,β-unsaturated/α-hetero) is 2. The zero-order valence-corrected chi connectivity index (χ0v) is 17.9. The van der Waals surface area contributed by atoms with Crippen LogP contribution < -0.4 is 0 Å². The maximum Gasteiger partial charge on any atom is 0.347 e. The molecule has 0 aliphatic carbocycles. The smallest absolute Gasteiger partial charge is 0.347 e. The van der Waals surface area contributed by atoms with E-state index in [9.17, 15) is 39.9 Å². The first kappa shape index (κ1) is 25.4. The summed E-state index contributed by atoms with van der Waals surface area (Å²) >= 11 is 0.833. The number of rotatable bonds is 11. The van der Waals surface area contributed by atoms with Gasteiger partial charge in [0.1, 0.15) is 23.8 Å². The minimum absolute atomic E-state index is 0.0257. The quantitative estimate of drug-likeness (QED) is 0.314. The van der Waals surface area contributed by atoms with Crippen LogP contribution in [-0.2, 0) is 19.1 Å². The van der Waals surface area contributed by atoms with Crippen LogP contribution in [0.4, 0.5) is 0 Å². The molecule has 1 aromatic carbocycles. The molecule has 1 aromatic rings. The van der Waals surface area contributed by atoms with Crippen molar-refractivity contribution in [3.05, 3.63) is 30.3 Å². The van der Waals surface area contributed by atoms with Crippen LogP contribution in [0.5, 0.6) is 0 Å². The van der Waals surface area contributed by atoms with E-state index in [0.29, 0.717) is 4.90 Å². The van der Waals surface area contributed by atoms with Crippen molar-refractivity contribution in [1.82, 2.24) is 0 Å². The Balaban J connectivity index is 2.33. The zero-order valence-electron chi connectivity index (χ0n) is 17.1. The average Bonchev–Trinajstić information content (AvgIpc) is 2.73. The first-order valence-electron chi connectivity index (χ1n) is 9.91. The number of aliphatic carboxylic acids is 1. The van der Waals surface area contributed by atoms with Crippen LogP contribution >= 0.6 is 11.8 Å². The summed E-state index contributed by atoms with van der Waals surface area (Å²) in [5.41, 5.74) is 0. The maximum absolute atomic E-state index is 12.3. The molecule has 0 amide bonds. The number of aliphatic hydroxyl groups is 4. The van der Waals surface area contributed by atoms with Crippen LogP contribution in [0.2, 0.25) is 0 Å². The minimum atomic E-state index is -1.99. The van der Waals surface area contributed by atoms with Crippen LogP contribution in [0.25, 0.3) is 0 Å². The van der Waals surface area contributed by atoms with Gasteiger partial charge >= 0.3 is 5.97 Å². The van der Waals surface area contributed by atoms with E-state index in [-0.39, 0.29) is 37.2 Å². The van der Waals surface area contributed by atoms with Gasteiger partial charge in [-0.15, -0.1) is 0 Å². The van der Waals surface area contributed by atoms with Crippen LogP contribution in [0.15, 0.2) is 35.2 Å². The van der Waals surface area contributed by atoms with Gasteiger partial charge in [0, 0.05) is 36.5 Å². The predicted molar refractivity (Wildman–Crippen MR) is 110 cm³/mol. The molecule has 1 fully saturated rings. The number of thioether (sulfide) groups is 1. The normalized spacial score (nSPS) is 28.0. The number of carbonyl (C=O) groups excluding carboxylic acids is 2. The fourth-order valence-corrected chi connectivity index (χ4v) is 4.68. The molecule has 0 spiro atoms. The number of benzene rings is 1. The van der Waals surface area contributed by atoms with Crippen LogP contribution in [-0.4, -0.2) is 79.0 Å². The molecule has 0 saturated carbocycles. The molecule has 1 aliphatic rings. The molecule has 1 heterocycles. The lowest BCUT2D eigenvalue weighted by Crippen LogP contribution is -2.59. The van der Waals surface area contributed by atoms with E-state index in [1.807, 2.05) is 0 Å². The fraction of sp³-hybridized carbons (Fsp3) is 0.571.